The molecule has 0 saturated carbocycles. The van der Waals surface area contributed by atoms with E-state index in [9.17, 15) is 4.79 Å². The molecule has 1 saturated heterocycles. The van der Waals surface area contributed by atoms with Gasteiger partial charge in [-0.3, -0.25) is 4.79 Å². The molecule has 0 bridgehead atoms. The summed E-state index contributed by atoms with van der Waals surface area (Å²) in [5.41, 5.74) is 0. The predicted octanol–water partition coefficient (Wildman–Crippen LogP) is 3.10. The Labute approximate surface area is 99.6 Å². The molecule has 1 unspecified atom stereocenters. The van der Waals surface area contributed by atoms with Crippen LogP contribution in [0.1, 0.15) is 40.0 Å². The summed E-state index contributed by atoms with van der Waals surface area (Å²) in [6, 6.07) is 3.52. The van der Waals surface area contributed by atoms with E-state index in [1.165, 1.54) is 18.1 Å². The van der Waals surface area contributed by atoms with Crippen LogP contribution in [0.5, 0.6) is 0 Å². The zero-order valence-electron chi connectivity index (χ0n) is 10.8. The minimum absolute atomic E-state index is 0.0668. The van der Waals surface area contributed by atoms with E-state index in [1.54, 1.807) is 0 Å². The van der Waals surface area contributed by atoms with Crippen LogP contribution in [-0.2, 0) is 14.0 Å². The van der Waals surface area contributed by atoms with Gasteiger partial charge in [-0.25, -0.2) is 0 Å². The Balaban J connectivity index is 2.53. The van der Waals surface area contributed by atoms with E-state index >= 15 is 0 Å². The predicted molar refractivity (Wildman–Crippen MR) is 66.9 cm³/mol. The monoisotopic (exact) mass is 244 g/mol. The fourth-order valence-electron chi connectivity index (χ4n) is 2.27. The van der Waals surface area contributed by atoms with Gasteiger partial charge in [-0.15, -0.1) is 0 Å². The maximum absolute atomic E-state index is 11.1. The van der Waals surface area contributed by atoms with Gasteiger partial charge in [-0.2, -0.15) is 0 Å². The van der Waals surface area contributed by atoms with Gasteiger partial charge >= 0.3 is 5.97 Å². The van der Waals surface area contributed by atoms with Crippen LogP contribution in [0.3, 0.4) is 0 Å². The molecule has 1 aliphatic rings. The van der Waals surface area contributed by atoms with Crippen LogP contribution in [0.15, 0.2) is 0 Å². The largest absolute Gasteiger partial charge is 0.466 e. The third kappa shape index (κ3) is 3.59. The second kappa shape index (κ2) is 6.40. The quantitative estimate of drug-likeness (QED) is 0.550. The molecule has 1 aliphatic heterocycles. The van der Waals surface area contributed by atoms with E-state index in [2.05, 4.69) is 20.8 Å². The number of rotatable bonds is 5. The van der Waals surface area contributed by atoms with E-state index in [1.807, 2.05) is 0 Å². The van der Waals surface area contributed by atoms with Crippen molar-refractivity contribution in [1.82, 2.24) is 0 Å². The second-order valence-corrected chi connectivity index (χ2v) is 9.25. The van der Waals surface area contributed by atoms with Crippen molar-refractivity contribution in [3.8, 4) is 0 Å². The molecule has 94 valence electrons. The molecule has 1 rings (SSSR count). The summed E-state index contributed by atoms with van der Waals surface area (Å²) in [6.45, 7) is 7.23. The Bertz CT molecular complexity index is 218. The van der Waals surface area contributed by atoms with E-state index in [-0.39, 0.29) is 12.1 Å². The Hall–Kier alpha value is -0.353. The van der Waals surface area contributed by atoms with Gasteiger partial charge in [0.05, 0.1) is 6.61 Å². The van der Waals surface area contributed by atoms with Crippen molar-refractivity contribution in [1.29, 1.82) is 0 Å². The summed E-state index contributed by atoms with van der Waals surface area (Å²) in [5.74, 6) is -0.0668. The zero-order valence-corrected chi connectivity index (χ0v) is 11.8. The van der Waals surface area contributed by atoms with Crippen LogP contribution < -0.4 is 0 Å². The molecular formula is C12H24O3Si. The van der Waals surface area contributed by atoms with Crippen LogP contribution in [0.4, 0.5) is 0 Å². The number of hydrogen-bond acceptors (Lipinski definition) is 3. The fraction of sp³-hybridized carbons (Fsp3) is 0.917. The van der Waals surface area contributed by atoms with Gasteiger partial charge in [0.2, 0.25) is 0 Å². The maximum Gasteiger partial charge on any atom is 0.305 e. The van der Waals surface area contributed by atoms with E-state index < -0.39 is 8.32 Å². The molecule has 0 spiro atoms. The Morgan fingerprint density at radius 3 is 2.44 bits per heavy atom. The minimum atomic E-state index is -1.52. The first-order chi connectivity index (χ1) is 7.65. The lowest BCUT2D eigenvalue weighted by Crippen LogP contribution is -2.40. The number of esters is 1. The first-order valence-corrected chi connectivity index (χ1v) is 9.02. The highest BCUT2D eigenvalue weighted by atomic mass is 28.4. The Morgan fingerprint density at radius 1 is 1.25 bits per heavy atom. The third-order valence-corrected chi connectivity index (χ3v) is 8.42. The van der Waals surface area contributed by atoms with Crippen molar-refractivity contribution < 1.29 is 14.0 Å². The molecule has 3 nitrogen and oxygen atoms in total. The number of cyclic esters (lactones) is 1. The van der Waals surface area contributed by atoms with Gasteiger partial charge in [-0.1, -0.05) is 20.8 Å². The highest BCUT2D eigenvalue weighted by Gasteiger charge is 2.32. The van der Waals surface area contributed by atoms with Crippen molar-refractivity contribution in [2.24, 2.45) is 0 Å². The third-order valence-electron chi connectivity index (χ3n) is 3.72. The van der Waals surface area contributed by atoms with Crippen LogP contribution in [-0.4, -0.2) is 27.0 Å². The molecule has 0 amide bonds. The van der Waals surface area contributed by atoms with Crippen LogP contribution >= 0.6 is 0 Å². The fourth-order valence-corrected chi connectivity index (χ4v) is 5.21. The lowest BCUT2D eigenvalue weighted by molar-refractivity contribution is -0.142. The highest BCUT2D eigenvalue weighted by Crippen LogP contribution is 2.26. The molecule has 0 aromatic carbocycles. The van der Waals surface area contributed by atoms with Gasteiger partial charge in [0.1, 0.15) is 0 Å². The summed E-state index contributed by atoms with van der Waals surface area (Å²) in [6.07, 6.45) is 2.48. The summed E-state index contributed by atoms with van der Waals surface area (Å²) >= 11 is 0. The molecule has 1 heterocycles. The molecule has 0 N–H and O–H groups in total. The average Bonchev–Trinajstić information content (AvgIpc) is 2.51. The SMILES string of the molecule is CC[Si](CC)(CC)OC1CCOC(=O)CC1. The number of carbonyl (C=O) groups is 1. The van der Waals surface area contributed by atoms with Gasteiger partial charge in [0.25, 0.3) is 0 Å². The summed E-state index contributed by atoms with van der Waals surface area (Å²) in [7, 11) is -1.52. The molecule has 0 aromatic rings. The van der Waals surface area contributed by atoms with Crippen LogP contribution in [0, 0.1) is 0 Å². The Morgan fingerprint density at radius 2 is 1.88 bits per heavy atom. The molecule has 0 radical (unpaired) electrons. The normalized spacial score (nSPS) is 22.7. The molecular weight excluding hydrogens is 220 g/mol. The molecule has 0 aromatic heterocycles. The zero-order chi connectivity index (χ0) is 12.0. The molecule has 4 heteroatoms. The van der Waals surface area contributed by atoms with Gasteiger partial charge < -0.3 is 9.16 Å². The van der Waals surface area contributed by atoms with E-state index in [0.29, 0.717) is 13.0 Å². The van der Waals surface area contributed by atoms with E-state index in [4.69, 9.17) is 9.16 Å². The first kappa shape index (κ1) is 13.7. The van der Waals surface area contributed by atoms with Gasteiger partial charge in [-0.05, 0) is 24.6 Å². The average molecular weight is 244 g/mol. The first-order valence-electron chi connectivity index (χ1n) is 6.49. The van der Waals surface area contributed by atoms with Crippen molar-refractivity contribution in [2.75, 3.05) is 6.61 Å². The molecule has 16 heavy (non-hydrogen) atoms. The standard InChI is InChI=1S/C12H24O3Si/c1-4-16(5-2,6-3)15-11-7-8-12(13)14-10-9-11/h11H,4-10H2,1-3H3. The topological polar surface area (TPSA) is 35.5 Å². The summed E-state index contributed by atoms with van der Waals surface area (Å²) in [5, 5.41) is 0. The minimum Gasteiger partial charge on any atom is -0.466 e. The van der Waals surface area contributed by atoms with Crippen LogP contribution in [0.2, 0.25) is 18.1 Å². The molecule has 1 fully saturated rings. The number of ether oxygens (including phenoxy) is 1. The van der Waals surface area contributed by atoms with Gasteiger partial charge in [0.15, 0.2) is 8.32 Å². The highest BCUT2D eigenvalue weighted by molar-refractivity contribution is 6.73. The van der Waals surface area contributed by atoms with Crippen LogP contribution in [0.25, 0.3) is 0 Å². The lowest BCUT2D eigenvalue weighted by atomic mass is 10.2. The number of hydrogen-bond donors (Lipinski definition) is 0. The van der Waals surface area contributed by atoms with E-state index in [0.717, 1.165) is 12.8 Å². The number of carbonyl (C=O) groups excluding carboxylic acids is 1. The summed E-state index contributed by atoms with van der Waals surface area (Å²) in [4.78, 5) is 11.1. The Kier molecular flexibility index (Phi) is 5.48. The maximum atomic E-state index is 11.1. The van der Waals surface area contributed by atoms with Crippen molar-refractivity contribution in [3.63, 3.8) is 0 Å². The smallest absolute Gasteiger partial charge is 0.305 e. The lowest BCUT2D eigenvalue weighted by Gasteiger charge is -2.32. The van der Waals surface area contributed by atoms with Crippen molar-refractivity contribution >= 4 is 14.3 Å². The molecule has 0 aliphatic carbocycles. The van der Waals surface area contributed by atoms with Crippen molar-refractivity contribution in [3.05, 3.63) is 0 Å². The summed E-state index contributed by atoms with van der Waals surface area (Å²) < 4.78 is 11.4. The molecule has 1 atom stereocenters. The van der Waals surface area contributed by atoms with Crippen molar-refractivity contribution in [2.45, 2.75) is 64.3 Å². The van der Waals surface area contributed by atoms with Gasteiger partial charge in [0, 0.05) is 18.9 Å². The second-order valence-electron chi connectivity index (χ2n) is 4.53.